The summed E-state index contributed by atoms with van der Waals surface area (Å²) in [6.07, 6.45) is 7.18. The molecule has 1 aromatic carbocycles. The molecule has 5 heterocycles. The lowest BCUT2D eigenvalue weighted by Crippen LogP contribution is -2.37. The predicted octanol–water partition coefficient (Wildman–Crippen LogP) is 2.62. The fourth-order valence-electron chi connectivity index (χ4n) is 4.72. The minimum Gasteiger partial charge on any atom is -0.378 e. The monoisotopic (exact) mass is 487 g/mol. The molecule has 1 aliphatic carbocycles. The van der Waals surface area contributed by atoms with Gasteiger partial charge in [0.15, 0.2) is 17.2 Å². The Balaban J connectivity index is 0.000000346. The van der Waals surface area contributed by atoms with Crippen LogP contribution in [0.1, 0.15) is 28.9 Å². The second-order valence-corrected chi connectivity index (χ2v) is 9.47. The summed E-state index contributed by atoms with van der Waals surface area (Å²) in [6.45, 7) is 5.80. The minimum atomic E-state index is -0.587. The van der Waals surface area contributed by atoms with Crippen molar-refractivity contribution in [3.05, 3.63) is 60.0 Å². The van der Waals surface area contributed by atoms with Crippen LogP contribution in [-0.4, -0.2) is 69.3 Å². The van der Waals surface area contributed by atoms with Crippen molar-refractivity contribution in [3.8, 4) is 16.9 Å². The van der Waals surface area contributed by atoms with Crippen LogP contribution in [0.5, 0.6) is 0 Å². The lowest BCUT2D eigenvalue weighted by Gasteiger charge is -2.29. The van der Waals surface area contributed by atoms with Crippen molar-refractivity contribution < 1.29 is 14.3 Å². The van der Waals surface area contributed by atoms with E-state index in [1.165, 1.54) is 18.4 Å². The highest BCUT2D eigenvalue weighted by Gasteiger charge is 2.42. The van der Waals surface area contributed by atoms with Gasteiger partial charge in [-0.2, -0.15) is 14.7 Å². The van der Waals surface area contributed by atoms with Gasteiger partial charge in [-0.05, 0) is 31.2 Å². The third-order valence-corrected chi connectivity index (χ3v) is 6.83. The van der Waals surface area contributed by atoms with Crippen LogP contribution in [-0.2, 0) is 9.47 Å². The summed E-state index contributed by atoms with van der Waals surface area (Å²) in [5.74, 6) is 1.86. The molecule has 0 spiro atoms. The van der Waals surface area contributed by atoms with E-state index in [2.05, 4.69) is 45.2 Å². The second-order valence-electron chi connectivity index (χ2n) is 9.47. The Bertz CT molecular complexity index is 1400. The van der Waals surface area contributed by atoms with Gasteiger partial charge in [0, 0.05) is 43.6 Å². The number of primary amides is 1. The lowest BCUT2D eigenvalue weighted by atomic mass is 10.1. The number of hydrogen-bond donors (Lipinski definition) is 1. The molecule has 3 aliphatic rings. The Hall–Kier alpha value is -3.76. The number of ether oxygens (including phenoxy) is 2. The van der Waals surface area contributed by atoms with E-state index in [1.807, 2.05) is 24.5 Å². The predicted molar refractivity (Wildman–Crippen MR) is 134 cm³/mol. The van der Waals surface area contributed by atoms with Crippen molar-refractivity contribution in [2.24, 2.45) is 11.7 Å². The fraction of sp³-hybridized carbons (Fsp3) is 0.385. The molecule has 186 valence electrons. The van der Waals surface area contributed by atoms with E-state index in [-0.39, 0.29) is 5.69 Å². The van der Waals surface area contributed by atoms with Crippen LogP contribution in [0, 0.1) is 12.8 Å². The largest absolute Gasteiger partial charge is 0.378 e. The number of aromatic nitrogens is 5. The Kier molecular flexibility index (Phi) is 5.90. The molecule has 3 aromatic heterocycles. The Morgan fingerprint density at radius 1 is 1.11 bits per heavy atom. The van der Waals surface area contributed by atoms with Crippen molar-refractivity contribution in [2.75, 3.05) is 37.8 Å². The second kappa shape index (κ2) is 9.36. The highest BCUT2D eigenvalue weighted by molar-refractivity contribution is 5.92. The zero-order chi connectivity index (χ0) is 24.6. The highest BCUT2D eigenvalue weighted by Crippen LogP contribution is 2.41. The molecule has 0 radical (unpaired) electrons. The molecule has 2 unspecified atom stereocenters. The molecule has 10 nitrogen and oxygen atoms in total. The number of amides is 1. The molecule has 2 N–H and O–H groups in total. The van der Waals surface area contributed by atoms with Gasteiger partial charge in [0.05, 0.1) is 25.5 Å². The number of hydrogen-bond acceptors (Lipinski definition) is 7. The first-order chi connectivity index (χ1) is 17.5. The van der Waals surface area contributed by atoms with Gasteiger partial charge in [-0.3, -0.25) is 4.79 Å². The van der Waals surface area contributed by atoms with Crippen molar-refractivity contribution in [1.82, 2.24) is 24.4 Å². The maximum atomic E-state index is 11.7. The maximum absolute atomic E-state index is 11.7. The molecule has 1 saturated carbocycles. The van der Waals surface area contributed by atoms with Crippen molar-refractivity contribution in [3.63, 3.8) is 0 Å². The van der Waals surface area contributed by atoms with Gasteiger partial charge in [0.1, 0.15) is 5.82 Å². The number of anilines is 1. The topological polar surface area (TPSA) is 113 Å². The molecule has 7 rings (SSSR count). The van der Waals surface area contributed by atoms with E-state index < -0.39 is 5.91 Å². The van der Waals surface area contributed by atoms with Crippen molar-refractivity contribution in [1.29, 1.82) is 0 Å². The molecule has 4 aromatic rings. The molecule has 36 heavy (non-hydrogen) atoms. The number of rotatable bonds is 4. The fourth-order valence-corrected chi connectivity index (χ4v) is 4.72. The van der Waals surface area contributed by atoms with E-state index >= 15 is 0 Å². The first kappa shape index (κ1) is 22.7. The number of morpholine rings is 1. The van der Waals surface area contributed by atoms with Gasteiger partial charge >= 0.3 is 0 Å². The zero-order valence-electron chi connectivity index (χ0n) is 20.2. The van der Waals surface area contributed by atoms with Crippen LogP contribution in [0.3, 0.4) is 0 Å². The van der Waals surface area contributed by atoms with Crippen molar-refractivity contribution >= 4 is 17.4 Å². The summed E-state index contributed by atoms with van der Waals surface area (Å²) in [5.41, 5.74) is 9.44. The summed E-state index contributed by atoms with van der Waals surface area (Å²) >= 11 is 0. The van der Waals surface area contributed by atoms with Gasteiger partial charge in [0.25, 0.3) is 5.91 Å². The maximum Gasteiger partial charge on any atom is 0.269 e. The van der Waals surface area contributed by atoms with Gasteiger partial charge in [-0.1, -0.05) is 29.8 Å². The van der Waals surface area contributed by atoms with E-state index in [4.69, 9.17) is 15.2 Å². The summed E-state index contributed by atoms with van der Waals surface area (Å²) in [5, 5.41) is 8.87. The van der Waals surface area contributed by atoms with E-state index in [0.717, 1.165) is 42.6 Å². The number of aryl methyl sites for hydroxylation is 1. The zero-order valence-corrected chi connectivity index (χ0v) is 20.2. The number of benzene rings is 1. The SMILES string of the molecule is C1CC2CC2O1.Cc1cccc(-c2cnn(-c3cc(N4CCOCC4)n4nc(C(N)=O)cc4n3)c2)c1. The first-order valence-corrected chi connectivity index (χ1v) is 12.3. The molecule has 1 amide bonds. The average molecular weight is 488 g/mol. The number of carbonyl (C=O) groups is 1. The summed E-state index contributed by atoms with van der Waals surface area (Å²) in [4.78, 5) is 18.5. The summed E-state index contributed by atoms with van der Waals surface area (Å²) < 4.78 is 14.1. The third-order valence-electron chi connectivity index (χ3n) is 6.83. The minimum absolute atomic E-state index is 0.176. The van der Waals surface area contributed by atoms with Gasteiger partial charge in [-0.15, -0.1) is 0 Å². The number of fused-ring (bicyclic) bond motifs is 2. The van der Waals surface area contributed by atoms with E-state index in [9.17, 15) is 4.79 Å². The van der Waals surface area contributed by atoms with Gasteiger partial charge in [-0.25, -0.2) is 9.67 Å². The smallest absolute Gasteiger partial charge is 0.269 e. The number of nitrogens with two attached hydrogens (primary N) is 1. The van der Waals surface area contributed by atoms with Crippen LogP contribution in [0.4, 0.5) is 5.82 Å². The molecular weight excluding hydrogens is 458 g/mol. The van der Waals surface area contributed by atoms with Crippen LogP contribution in [0.15, 0.2) is 48.8 Å². The van der Waals surface area contributed by atoms with E-state index in [1.54, 1.807) is 15.3 Å². The van der Waals surface area contributed by atoms with E-state index in [0.29, 0.717) is 30.8 Å². The van der Waals surface area contributed by atoms with Gasteiger partial charge in [0.2, 0.25) is 0 Å². The van der Waals surface area contributed by atoms with Crippen molar-refractivity contribution in [2.45, 2.75) is 25.9 Å². The van der Waals surface area contributed by atoms with Gasteiger partial charge < -0.3 is 20.1 Å². The van der Waals surface area contributed by atoms with Crippen LogP contribution < -0.4 is 10.6 Å². The summed E-state index contributed by atoms with van der Waals surface area (Å²) in [7, 11) is 0. The molecule has 2 saturated heterocycles. The third kappa shape index (κ3) is 4.57. The lowest BCUT2D eigenvalue weighted by molar-refractivity contribution is 0.0995. The molecule has 3 fully saturated rings. The van der Waals surface area contributed by atoms with Crippen LogP contribution in [0.25, 0.3) is 22.6 Å². The summed E-state index contributed by atoms with van der Waals surface area (Å²) in [6, 6.07) is 11.8. The Labute approximate surface area is 208 Å². The Morgan fingerprint density at radius 3 is 2.64 bits per heavy atom. The Morgan fingerprint density at radius 2 is 1.97 bits per heavy atom. The molecule has 2 atom stereocenters. The molecule has 10 heteroatoms. The quantitative estimate of drug-likeness (QED) is 0.471. The van der Waals surface area contributed by atoms with Crippen LogP contribution >= 0.6 is 0 Å². The normalized spacial score (nSPS) is 20.6. The first-order valence-electron chi connectivity index (χ1n) is 12.3. The number of nitrogens with zero attached hydrogens (tertiary/aromatic N) is 6. The molecule has 0 bridgehead atoms. The highest BCUT2D eigenvalue weighted by atomic mass is 16.5. The number of carbonyl (C=O) groups excluding carboxylic acids is 1. The molecular formula is C26H29N7O3. The van der Waals surface area contributed by atoms with Crippen LogP contribution in [0.2, 0.25) is 0 Å². The molecule has 2 aliphatic heterocycles. The average Bonchev–Trinajstić information content (AvgIpc) is 3.31. The standard InChI is InChI=1S/C21H21N7O2.C5H8O/c1-14-3-2-4-15(9-14)16-12-23-27(13-16)18-11-20(26-5-7-30-8-6-26)28-19(24-18)10-17(25-28)21(22)29;1-2-6-5-3-4(1)5/h2-4,9-13H,5-8H2,1H3,(H2,22,29);4-5H,1-3H2.